The summed E-state index contributed by atoms with van der Waals surface area (Å²) in [5.41, 5.74) is 5.05. The molecule has 6 nitrogen and oxygen atoms in total. The molecule has 0 aromatic heterocycles. The molecule has 0 aliphatic heterocycles. The van der Waals surface area contributed by atoms with Crippen LogP contribution in [-0.2, 0) is 9.59 Å². The topological polar surface area (TPSA) is 87.3 Å². The second kappa shape index (κ2) is 7.78. The molecule has 0 saturated heterocycles. The maximum absolute atomic E-state index is 12.0. The zero-order valence-corrected chi connectivity index (χ0v) is 13.7. The molecular formula is C14H18BrN3O3. The van der Waals surface area contributed by atoms with Gasteiger partial charge in [-0.25, -0.2) is 0 Å². The van der Waals surface area contributed by atoms with Gasteiger partial charge in [0, 0.05) is 11.4 Å². The van der Waals surface area contributed by atoms with E-state index in [1.807, 2.05) is 0 Å². The van der Waals surface area contributed by atoms with E-state index in [0.717, 1.165) is 0 Å². The third-order valence-electron chi connectivity index (χ3n) is 2.73. The van der Waals surface area contributed by atoms with Crippen LogP contribution in [0.2, 0.25) is 0 Å². The summed E-state index contributed by atoms with van der Waals surface area (Å²) in [6.07, 6.45) is 0. The summed E-state index contributed by atoms with van der Waals surface area (Å²) in [4.78, 5) is 35.0. The number of amides is 3. The van der Waals surface area contributed by atoms with E-state index in [1.165, 1.54) is 6.92 Å². The van der Waals surface area contributed by atoms with Crippen molar-refractivity contribution >= 4 is 33.7 Å². The van der Waals surface area contributed by atoms with Gasteiger partial charge in [0.1, 0.15) is 6.04 Å². The molecule has 0 aliphatic carbocycles. The molecule has 3 amide bonds. The van der Waals surface area contributed by atoms with Crippen molar-refractivity contribution < 1.29 is 14.4 Å². The van der Waals surface area contributed by atoms with Crippen LogP contribution in [0.1, 0.15) is 31.1 Å². The lowest BCUT2D eigenvalue weighted by molar-refractivity contribution is -0.129. The first-order valence-corrected chi connectivity index (χ1v) is 7.24. The number of halogens is 1. The number of hydrazine groups is 1. The highest BCUT2D eigenvalue weighted by Crippen LogP contribution is 2.15. The summed E-state index contributed by atoms with van der Waals surface area (Å²) < 4.78 is 0.624. The Morgan fingerprint density at radius 1 is 1.10 bits per heavy atom. The summed E-state index contributed by atoms with van der Waals surface area (Å²) in [5, 5.41) is 2.54. The van der Waals surface area contributed by atoms with Gasteiger partial charge in [0.05, 0.1) is 5.56 Å². The largest absolute Gasteiger partial charge is 0.344 e. The molecule has 114 valence electrons. The molecule has 1 atom stereocenters. The molecule has 0 fully saturated rings. The Bertz CT molecular complexity index is 546. The minimum atomic E-state index is -0.706. The molecule has 0 bridgehead atoms. The Kier molecular flexibility index (Phi) is 6.36. The van der Waals surface area contributed by atoms with E-state index in [2.05, 4.69) is 32.1 Å². The van der Waals surface area contributed by atoms with E-state index in [9.17, 15) is 14.4 Å². The van der Waals surface area contributed by atoms with Gasteiger partial charge in [-0.1, -0.05) is 26.0 Å². The summed E-state index contributed by atoms with van der Waals surface area (Å²) >= 11 is 3.26. The van der Waals surface area contributed by atoms with Crippen LogP contribution in [0.4, 0.5) is 0 Å². The molecule has 7 heteroatoms. The van der Waals surface area contributed by atoms with Crippen molar-refractivity contribution in [3.63, 3.8) is 0 Å². The van der Waals surface area contributed by atoms with Crippen LogP contribution >= 0.6 is 15.9 Å². The number of hydrogen-bond donors (Lipinski definition) is 3. The van der Waals surface area contributed by atoms with Crippen molar-refractivity contribution in [2.45, 2.75) is 26.8 Å². The highest BCUT2D eigenvalue weighted by molar-refractivity contribution is 9.10. The second-order valence-corrected chi connectivity index (χ2v) is 5.70. The zero-order chi connectivity index (χ0) is 16.0. The fourth-order valence-electron chi connectivity index (χ4n) is 1.66. The van der Waals surface area contributed by atoms with Crippen LogP contribution in [0.25, 0.3) is 0 Å². The van der Waals surface area contributed by atoms with Gasteiger partial charge in [-0.05, 0) is 34.0 Å². The van der Waals surface area contributed by atoms with E-state index in [1.54, 1.807) is 38.1 Å². The lowest BCUT2D eigenvalue weighted by atomic mass is 10.0. The normalized spacial score (nSPS) is 11.7. The van der Waals surface area contributed by atoms with Crippen molar-refractivity contribution in [3.8, 4) is 0 Å². The Morgan fingerprint density at radius 2 is 1.71 bits per heavy atom. The van der Waals surface area contributed by atoms with Gasteiger partial charge in [-0.2, -0.15) is 0 Å². The Hall–Kier alpha value is -1.89. The summed E-state index contributed by atoms with van der Waals surface area (Å²) in [6, 6.07) is 6.15. The van der Waals surface area contributed by atoms with E-state index < -0.39 is 17.9 Å². The van der Waals surface area contributed by atoms with E-state index in [0.29, 0.717) is 10.0 Å². The highest BCUT2D eigenvalue weighted by atomic mass is 79.9. The van der Waals surface area contributed by atoms with Gasteiger partial charge in [0.2, 0.25) is 5.91 Å². The van der Waals surface area contributed by atoms with Crippen molar-refractivity contribution in [3.05, 3.63) is 34.3 Å². The zero-order valence-electron chi connectivity index (χ0n) is 12.1. The number of rotatable bonds is 4. The fourth-order valence-corrected chi connectivity index (χ4v) is 2.13. The smallest absolute Gasteiger partial charge is 0.270 e. The number of nitrogens with one attached hydrogen (secondary N) is 3. The molecule has 1 aromatic carbocycles. The SMILES string of the molecule is CC(=O)N[C@H](C(=O)NNC(=O)c1ccccc1Br)C(C)C. The molecule has 0 spiro atoms. The molecule has 0 saturated carbocycles. The number of carbonyl (C=O) groups is 3. The number of benzene rings is 1. The van der Waals surface area contributed by atoms with E-state index >= 15 is 0 Å². The van der Waals surface area contributed by atoms with Crippen LogP contribution in [0, 0.1) is 5.92 Å². The van der Waals surface area contributed by atoms with Crippen molar-refractivity contribution in [1.82, 2.24) is 16.2 Å². The molecular weight excluding hydrogens is 338 g/mol. The van der Waals surface area contributed by atoms with Gasteiger partial charge >= 0.3 is 0 Å². The molecule has 3 N–H and O–H groups in total. The molecule has 0 unspecified atom stereocenters. The highest BCUT2D eigenvalue weighted by Gasteiger charge is 2.23. The number of hydrogen-bond acceptors (Lipinski definition) is 3. The summed E-state index contributed by atoms with van der Waals surface area (Å²) in [5.74, 6) is -1.32. The lowest BCUT2D eigenvalue weighted by Crippen LogP contribution is -2.54. The maximum atomic E-state index is 12.0. The van der Waals surface area contributed by atoms with Crippen LogP contribution in [0.3, 0.4) is 0 Å². The van der Waals surface area contributed by atoms with Gasteiger partial charge in [-0.3, -0.25) is 25.2 Å². The monoisotopic (exact) mass is 355 g/mol. The van der Waals surface area contributed by atoms with Crippen LogP contribution in [0.5, 0.6) is 0 Å². The summed E-state index contributed by atoms with van der Waals surface area (Å²) in [6.45, 7) is 4.94. The predicted molar refractivity (Wildman–Crippen MR) is 82.2 cm³/mol. The van der Waals surface area contributed by atoms with Gasteiger partial charge in [-0.15, -0.1) is 0 Å². The van der Waals surface area contributed by atoms with Crippen molar-refractivity contribution in [2.24, 2.45) is 5.92 Å². The quantitative estimate of drug-likeness (QED) is 0.712. The minimum absolute atomic E-state index is 0.103. The first-order valence-electron chi connectivity index (χ1n) is 6.44. The Labute approximate surface area is 131 Å². The van der Waals surface area contributed by atoms with Crippen molar-refractivity contribution in [2.75, 3.05) is 0 Å². The molecule has 21 heavy (non-hydrogen) atoms. The molecule has 0 radical (unpaired) electrons. The van der Waals surface area contributed by atoms with Gasteiger partial charge < -0.3 is 5.32 Å². The number of carbonyl (C=O) groups excluding carboxylic acids is 3. The third-order valence-corrected chi connectivity index (χ3v) is 3.42. The average molecular weight is 356 g/mol. The molecule has 0 heterocycles. The molecule has 1 aromatic rings. The standard InChI is InChI=1S/C14H18BrN3O3/c1-8(2)12(16-9(3)19)14(21)18-17-13(20)10-6-4-5-7-11(10)15/h4-8,12H,1-3H3,(H,16,19)(H,17,20)(H,18,21)/t12-/m0/s1. The van der Waals surface area contributed by atoms with Crippen LogP contribution in [-0.4, -0.2) is 23.8 Å². The Balaban J connectivity index is 2.65. The van der Waals surface area contributed by atoms with E-state index in [-0.39, 0.29) is 11.8 Å². The maximum Gasteiger partial charge on any atom is 0.270 e. The second-order valence-electron chi connectivity index (χ2n) is 4.85. The molecule has 0 aliphatic rings. The first kappa shape index (κ1) is 17.2. The van der Waals surface area contributed by atoms with Gasteiger partial charge in [0.15, 0.2) is 0 Å². The average Bonchev–Trinajstić information content (AvgIpc) is 2.41. The Morgan fingerprint density at radius 3 is 2.24 bits per heavy atom. The summed E-state index contributed by atoms with van der Waals surface area (Å²) in [7, 11) is 0. The first-order chi connectivity index (χ1) is 9.82. The lowest BCUT2D eigenvalue weighted by Gasteiger charge is -2.21. The van der Waals surface area contributed by atoms with Crippen LogP contribution in [0.15, 0.2) is 28.7 Å². The van der Waals surface area contributed by atoms with Gasteiger partial charge in [0.25, 0.3) is 11.8 Å². The van der Waals surface area contributed by atoms with Crippen molar-refractivity contribution in [1.29, 1.82) is 0 Å². The fraction of sp³-hybridized carbons (Fsp3) is 0.357. The molecule has 1 rings (SSSR count). The van der Waals surface area contributed by atoms with Crippen LogP contribution < -0.4 is 16.2 Å². The minimum Gasteiger partial charge on any atom is -0.344 e. The predicted octanol–water partition coefficient (Wildman–Crippen LogP) is 1.37. The van der Waals surface area contributed by atoms with E-state index in [4.69, 9.17) is 0 Å². The third kappa shape index (κ3) is 5.18.